The van der Waals surface area contributed by atoms with Crippen LogP contribution in [-0.4, -0.2) is 37.0 Å². The Balaban J connectivity index is 1.97. The molecule has 3 N–H and O–H groups in total. The highest BCUT2D eigenvalue weighted by Gasteiger charge is 2.21. The van der Waals surface area contributed by atoms with E-state index in [1.165, 1.54) is 24.4 Å². The topological polar surface area (TPSA) is 145 Å². The molecule has 1 unspecified atom stereocenters. The second-order valence-corrected chi connectivity index (χ2v) is 4.88. The van der Waals surface area contributed by atoms with Gasteiger partial charge in [-0.3, -0.25) is 0 Å². The molecule has 11 nitrogen and oxygen atoms in total. The van der Waals surface area contributed by atoms with E-state index >= 15 is 0 Å². The zero-order valence-electron chi connectivity index (χ0n) is 13.1. The fraction of sp³-hybridized carbons (Fsp3) is 0.143. The molecular weight excluding hydrogens is 328 g/mol. The maximum Gasteiger partial charge on any atom is 0.387 e. The third-order valence-corrected chi connectivity index (χ3v) is 3.27. The zero-order chi connectivity index (χ0) is 17.8. The van der Waals surface area contributed by atoms with Crippen LogP contribution in [0.3, 0.4) is 0 Å². The van der Waals surface area contributed by atoms with Gasteiger partial charge in [-0.25, -0.2) is 5.84 Å². The number of nitrogens with zero attached hydrogens (tertiary/aromatic N) is 6. The van der Waals surface area contributed by atoms with E-state index in [-0.39, 0.29) is 23.5 Å². The van der Waals surface area contributed by atoms with Crippen LogP contribution >= 0.6 is 0 Å². The normalized spacial score (nSPS) is 15.9. The maximum absolute atomic E-state index is 11.1. The van der Waals surface area contributed by atoms with E-state index in [1.807, 2.05) is 6.08 Å². The van der Waals surface area contributed by atoms with Crippen LogP contribution in [0.1, 0.15) is 11.9 Å². The average molecular weight is 342 g/mol. The Kier molecular flexibility index (Phi) is 4.48. The van der Waals surface area contributed by atoms with E-state index in [0.717, 1.165) is 0 Å². The molecular formula is C14H14N8O3. The number of pyridine rings is 1. The lowest BCUT2D eigenvalue weighted by Crippen LogP contribution is -2.31. The number of methoxy groups -OCH3 is 1. The van der Waals surface area contributed by atoms with Crippen LogP contribution in [0.4, 0.5) is 17.5 Å². The van der Waals surface area contributed by atoms with Gasteiger partial charge >= 0.3 is 11.8 Å². The second kappa shape index (κ2) is 6.88. The van der Waals surface area contributed by atoms with Gasteiger partial charge in [0.15, 0.2) is 5.82 Å². The summed E-state index contributed by atoms with van der Waals surface area (Å²) in [6.45, 7) is 0. The second-order valence-electron chi connectivity index (χ2n) is 4.88. The number of nitrogens with one attached hydrogen (secondary N) is 1. The third-order valence-electron chi connectivity index (χ3n) is 3.27. The molecule has 0 fully saturated rings. The highest BCUT2D eigenvalue weighted by Crippen LogP contribution is 2.26. The monoisotopic (exact) mass is 342 g/mol. The van der Waals surface area contributed by atoms with E-state index < -0.39 is 11.0 Å². The summed E-state index contributed by atoms with van der Waals surface area (Å²) in [5, 5.41) is 15.3. The fourth-order valence-corrected chi connectivity index (χ4v) is 2.14. The smallest absolute Gasteiger partial charge is 0.387 e. The van der Waals surface area contributed by atoms with E-state index in [2.05, 4.69) is 25.3 Å². The van der Waals surface area contributed by atoms with Crippen LogP contribution in [0.25, 0.3) is 0 Å². The molecule has 3 heterocycles. The molecule has 0 saturated carbocycles. The van der Waals surface area contributed by atoms with Crippen molar-refractivity contribution in [3.8, 4) is 6.01 Å². The Hall–Kier alpha value is -3.60. The lowest BCUT2D eigenvalue weighted by atomic mass is 10.2. The van der Waals surface area contributed by atoms with Crippen molar-refractivity contribution >= 4 is 17.5 Å². The quantitative estimate of drug-likeness (QED) is 0.462. The van der Waals surface area contributed by atoms with Gasteiger partial charge in [-0.05, 0) is 28.1 Å². The molecule has 25 heavy (non-hydrogen) atoms. The summed E-state index contributed by atoms with van der Waals surface area (Å²) in [7, 11) is 1.41. The molecule has 0 bridgehead atoms. The van der Waals surface area contributed by atoms with Crippen molar-refractivity contribution in [1.82, 2.24) is 24.9 Å². The van der Waals surface area contributed by atoms with Gasteiger partial charge in [0, 0.05) is 6.20 Å². The van der Waals surface area contributed by atoms with Crippen molar-refractivity contribution in [2.24, 2.45) is 5.84 Å². The molecule has 11 heteroatoms. The Labute approximate surface area is 142 Å². The van der Waals surface area contributed by atoms with Crippen molar-refractivity contribution < 1.29 is 9.66 Å². The summed E-state index contributed by atoms with van der Waals surface area (Å²) in [6, 6.07) is 2.69. The highest BCUT2D eigenvalue weighted by molar-refractivity contribution is 5.62. The Morgan fingerprint density at radius 2 is 2.20 bits per heavy atom. The number of rotatable bonds is 5. The van der Waals surface area contributed by atoms with Gasteiger partial charge in [0.2, 0.25) is 5.95 Å². The lowest BCUT2D eigenvalue weighted by molar-refractivity contribution is -0.388. The average Bonchev–Trinajstić information content (AvgIpc) is 2.62. The van der Waals surface area contributed by atoms with Crippen LogP contribution < -0.4 is 15.9 Å². The van der Waals surface area contributed by atoms with Crippen molar-refractivity contribution in [3.63, 3.8) is 0 Å². The van der Waals surface area contributed by atoms with Gasteiger partial charge in [-0.1, -0.05) is 12.2 Å². The van der Waals surface area contributed by atoms with E-state index in [9.17, 15) is 10.1 Å². The van der Waals surface area contributed by atoms with Gasteiger partial charge < -0.3 is 25.2 Å². The van der Waals surface area contributed by atoms with Crippen LogP contribution in [-0.2, 0) is 0 Å². The molecule has 2 aromatic heterocycles. The molecule has 0 spiro atoms. The van der Waals surface area contributed by atoms with Crippen LogP contribution in [0.15, 0.2) is 42.8 Å². The number of nitro groups is 1. The zero-order valence-corrected chi connectivity index (χ0v) is 13.1. The first-order chi connectivity index (χ1) is 12.1. The molecule has 2 aromatic rings. The fourth-order valence-electron chi connectivity index (χ4n) is 2.14. The standard InChI is InChI=1S/C14H14N8O3/c1-25-14-19-11(10-6-2-3-8-21(10)15)18-13(20-14)17-9-5-4-7-16-12(9)22(23)24/h2-8,10H,15H2,1H3,(H,17,18,19,20). The molecule has 1 aliphatic rings. The predicted molar refractivity (Wildman–Crippen MR) is 87.6 cm³/mol. The largest absolute Gasteiger partial charge is 0.467 e. The number of ether oxygens (including phenoxy) is 1. The first kappa shape index (κ1) is 16.3. The van der Waals surface area contributed by atoms with Crippen LogP contribution in [0.2, 0.25) is 0 Å². The molecule has 0 aliphatic carbocycles. The number of aromatic nitrogens is 4. The minimum Gasteiger partial charge on any atom is -0.467 e. The molecule has 0 radical (unpaired) electrons. The number of allylic oxidation sites excluding steroid dienone is 2. The Bertz CT molecular complexity index is 854. The van der Waals surface area contributed by atoms with Gasteiger partial charge in [-0.15, -0.1) is 0 Å². The maximum atomic E-state index is 11.1. The number of hydrazine groups is 1. The SMILES string of the molecule is COc1nc(Nc2cccnc2[N+](=O)[O-])nc(C2C=CC=CN2N)n1. The molecule has 1 aliphatic heterocycles. The lowest BCUT2D eigenvalue weighted by Gasteiger charge is -2.24. The number of hydrogen-bond acceptors (Lipinski definition) is 10. The predicted octanol–water partition coefficient (Wildman–Crippen LogP) is 1.23. The first-order valence-corrected chi connectivity index (χ1v) is 7.13. The summed E-state index contributed by atoms with van der Waals surface area (Å²) in [5.41, 5.74) is 0.149. The minimum absolute atomic E-state index is 0.0513. The van der Waals surface area contributed by atoms with Gasteiger partial charge in [0.05, 0.1) is 7.11 Å². The number of anilines is 2. The van der Waals surface area contributed by atoms with E-state index in [4.69, 9.17) is 10.6 Å². The van der Waals surface area contributed by atoms with Crippen molar-refractivity contribution in [2.75, 3.05) is 12.4 Å². The van der Waals surface area contributed by atoms with Crippen molar-refractivity contribution in [1.29, 1.82) is 0 Å². The van der Waals surface area contributed by atoms with Gasteiger partial charge in [0.25, 0.3) is 0 Å². The molecule has 3 rings (SSSR count). The van der Waals surface area contributed by atoms with Gasteiger partial charge in [-0.2, -0.15) is 15.0 Å². The van der Waals surface area contributed by atoms with E-state index in [1.54, 1.807) is 24.4 Å². The molecule has 1 atom stereocenters. The molecule has 0 aromatic carbocycles. The number of hydrogen-bond donors (Lipinski definition) is 2. The Morgan fingerprint density at radius 1 is 1.36 bits per heavy atom. The highest BCUT2D eigenvalue weighted by atomic mass is 16.6. The first-order valence-electron chi connectivity index (χ1n) is 7.13. The molecule has 0 amide bonds. The summed E-state index contributed by atoms with van der Waals surface area (Å²) >= 11 is 0. The summed E-state index contributed by atoms with van der Waals surface area (Å²) in [5.74, 6) is 5.96. The van der Waals surface area contributed by atoms with Crippen LogP contribution in [0.5, 0.6) is 6.01 Å². The Morgan fingerprint density at radius 3 is 2.92 bits per heavy atom. The van der Waals surface area contributed by atoms with Crippen LogP contribution in [0, 0.1) is 10.1 Å². The summed E-state index contributed by atoms with van der Waals surface area (Å²) in [6.07, 6.45) is 8.37. The molecule has 128 valence electrons. The van der Waals surface area contributed by atoms with Gasteiger partial charge in [0.1, 0.15) is 17.9 Å². The summed E-state index contributed by atoms with van der Waals surface area (Å²) in [4.78, 5) is 26.7. The molecule has 0 saturated heterocycles. The number of nitrogens with two attached hydrogens (primary N) is 1. The van der Waals surface area contributed by atoms with Crippen molar-refractivity contribution in [3.05, 3.63) is 58.7 Å². The van der Waals surface area contributed by atoms with E-state index in [0.29, 0.717) is 5.82 Å². The summed E-state index contributed by atoms with van der Waals surface area (Å²) < 4.78 is 5.08. The minimum atomic E-state index is -0.599. The van der Waals surface area contributed by atoms with Crippen molar-refractivity contribution in [2.45, 2.75) is 6.04 Å². The third kappa shape index (κ3) is 3.50.